The van der Waals surface area contributed by atoms with Crippen LogP contribution in [0.15, 0.2) is 24.3 Å². The molecule has 5 nitrogen and oxygen atoms in total. The van der Waals surface area contributed by atoms with Crippen LogP contribution in [0.1, 0.15) is 43.1 Å². The zero-order chi connectivity index (χ0) is 18.6. The highest BCUT2D eigenvalue weighted by Gasteiger charge is 2.31. The molecule has 2 N–H and O–H groups in total. The van der Waals surface area contributed by atoms with Crippen LogP contribution in [0.3, 0.4) is 0 Å². The van der Waals surface area contributed by atoms with Gasteiger partial charge in [-0.05, 0) is 37.3 Å². The Bertz CT molecular complexity index is 589. The van der Waals surface area contributed by atoms with E-state index in [0.717, 1.165) is 25.2 Å². The van der Waals surface area contributed by atoms with Crippen LogP contribution in [0.2, 0.25) is 0 Å². The normalized spacial score (nSPS) is 23.0. The van der Waals surface area contributed by atoms with E-state index in [1.807, 2.05) is 36.1 Å². The molecule has 4 atom stereocenters. The molecule has 1 saturated heterocycles. The number of amides is 2. The van der Waals surface area contributed by atoms with Crippen molar-refractivity contribution in [2.75, 3.05) is 27.2 Å². The summed E-state index contributed by atoms with van der Waals surface area (Å²) in [6.45, 7) is 8.99. The molecule has 1 aliphatic rings. The number of likely N-dealkylation sites (N-methyl/N-ethyl adjacent to an activating group) is 1. The quantitative estimate of drug-likeness (QED) is 0.834. The van der Waals surface area contributed by atoms with E-state index in [-0.39, 0.29) is 17.9 Å². The van der Waals surface area contributed by atoms with Crippen LogP contribution in [0.5, 0.6) is 0 Å². The summed E-state index contributed by atoms with van der Waals surface area (Å²) < 4.78 is 0. The number of quaternary nitrogens is 1. The van der Waals surface area contributed by atoms with Crippen molar-refractivity contribution in [2.45, 2.75) is 39.8 Å². The second kappa shape index (κ2) is 8.48. The molecule has 1 aromatic rings. The minimum Gasteiger partial charge on any atom is -0.355 e. The van der Waals surface area contributed by atoms with Crippen molar-refractivity contribution in [2.24, 2.45) is 11.8 Å². The summed E-state index contributed by atoms with van der Waals surface area (Å²) in [5, 5.41) is 2.62. The SMILES string of the molecule is CNC(=O)c1ccc(C[NH+](C)[C@H](C)C(=O)N2C[C@@H](C)C[C@H](C)C2)cc1. The van der Waals surface area contributed by atoms with Gasteiger partial charge in [-0.15, -0.1) is 0 Å². The third kappa shape index (κ3) is 5.05. The van der Waals surface area contributed by atoms with E-state index in [2.05, 4.69) is 26.2 Å². The summed E-state index contributed by atoms with van der Waals surface area (Å²) in [6.07, 6.45) is 1.21. The molecule has 138 valence electrons. The van der Waals surface area contributed by atoms with Gasteiger partial charge in [0, 0.05) is 31.3 Å². The molecule has 0 aromatic heterocycles. The van der Waals surface area contributed by atoms with Gasteiger partial charge in [-0.25, -0.2) is 0 Å². The van der Waals surface area contributed by atoms with Crippen LogP contribution in [-0.2, 0) is 11.3 Å². The largest absolute Gasteiger partial charge is 0.355 e. The van der Waals surface area contributed by atoms with E-state index >= 15 is 0 Å². The van der Waals surface area contributed by atoms with E-state index in [9.17, 15) is 9.59 Å². The maximum absolute atomic E-state index is 12.9. The van der Waals surface area contributed by atoms with E-state index in [0.29, 0.717) is 17.4 Å². The summed E-state index contributed by atoms with van der Waals surface area (Å²) in [6, 6.07) is 7.53. The first-order valence-corrected chi connectivity index (χ1v) is 9.24. The molecular formula is C20H32N3O2+. The molecular weight excluding hydrogens is 314 g/mol. The average molecular weight is 346 g/mol. The van der Waals surface area contributed by atoms with E-state index < -0.39 is 0 Å². The lowest BCUT2D eigenvalue weighted by molar-refractivity contribution is -0.908. The predicted molar refractivity (Wildman–Crippen MR) is 99.4 cm³/mol. The molecule has 1 aliphatic heterocycles. The third-order valence-corrected chi connectivity index (χ3v) is 5.22. The standard InChI is InChI=1S/C20H31N3O2/c1-14-10-15(2)12-23(11-14)20(25)16(3)22(5)13-17-6-8-18(9-7-17)19(24)21-4/h6-9,14-16H,10-13H2,1-5H3,(H,21,24)/p+1/t14-,15-,16+/m0/s1. The Kier molecular flexibility index (Phi) is 6.59. The van der Waals surface area contributed by atoms with Gasteiger partial charge >= 0.3 is 0 Å². The fourth-order valence-electron chi connectivity index (χ4n) is 3.72. The molecule has 1 unspecified atom stereocenters. The number of benzene rings is 1. The summed E-state index contributed by atoms with van der Waals surface area (Å²) >= 11 is 0. The Morgan fingerprint density at radius 2 is 1.76 bits per heavy atom. The van der Waals surface area contributed by atoms with Crippen LogP contribution >= 0.6 is 0 Å². The van der Waals surface area contributed by atoms with E-state index in [1.54, 1.807) is 7.05 Å². The second-order valence-corrected chi connectivity index (χ2v) is 7.71. The van der Waals surface area contributed by atoms with Gasteiger partial charge < -0.3 is 15.1 Å². The number of rotatable bonds is 5. The maximum Gasteiger partial charge on any atom is 0.280 e. The summed E-state index contributed by atoms with van der Waals surface area (Å²) in [4.78, 5) is 27.7. The Labute approximate surface area is 151 Å². The summed E-state index contributed by atoms with van der Waals surface area (Å²) in [5.41, 5.74) is 1.79. The number of nitrogens with zero attached hydrogens (tertiary/aromatic N) is 1. The van der Waals surface area contributed by atoms with Crippen LogP contribution in [0.25, 0.3) is 0 Å². The highest BCUT2D eigenvalue weighted by Crippen LogP contribution is 2.21. The minimum atomic E-state index is -0.0795. The van der Waals surface area contributed by atoms with Gasteiger partial charge in [-0.3, -0.25) is 9.59 Å². The lowest BCUT2D eigenvalue weighted by atomic mass is 9.91. The highest BCUT2D eigenvalue weighted by atomic mass is 16.2. The smallest absolute Gasteiger partial charge is 0.280 e. The molecule has 0 aliphatic carbocycles. The molecule has 0 bridgehead atoms. The first-order chi connectivity index (χ1) is 11.8. The van der Waals surface area contributed by atoms with Crippen molar-refractivity contribution in [3.8, 4) is 0 Å². The van der Waals surface area contributed by atoms with Crippen molar-refractivity contribution in [3.05, 3.63) is 35.4 Å². The monoisotopic (exact) mass is 346 g/mol. The number of carbonyl (C=O) groups excluding carboxylic acids is 2. The molecule has 1 heterocycles. The zero-order valence-electron chi connectivity index (χ0n) is 16.1. The maximum atomic E-state index is 12.9. The first-order valence-electron chi connectivity index (χ1n) is 9.24. The number of piperidine rings is 1. The second-order valence-electron chi connectivity index (χ2n) is 7.71. The zero-order valence-corrected chi connectivity index (χ0v) is 16.1. The van der Waals surface area contributed by atoms with Crippen LogP contribution in [-0.4, -0.2) is 49.9 Å². The Morgan fingerprint density at radius 3 is 2.28 bits per heavy atom. The van der Waals surface area contributed by atoms with Crippen molar-refractivity contribution in [1.29, 1.82) is 0 Å². The minimum absolute atomic E-state index is 0.0730. The molecule has 2 amide bonds. The molecule has 25 heavy (non-hydrogen) atoms. The topological polar surface area (TPSA) is 53.9 Å². The van der Waals surface area contributed by atoms with Gasteiger partial charge in [0.05, 0.1) is 7.05 Å². The van der Waals surface area contributed by atoms with Gasteiger partial charge in [-0.2, -0.15) is 0 Å². The van der Waals surface area contributed by atoms with Gasteiger partial charge in [-0.1, -0.05) is 26.0 Å². The Balaban J connectivity index is 1.96. The summed E-state index contributed by atoms with van der Waals surface area (Å²) in [5.74, 6) is 1.33. The number of hydrogen-bond acceptors (Lipinski definition) is 2. The Hall–Kier alpha value is -1.88. The van der Waals surface area contributed by atoms with Crippen LogP contribution in [0, 0.1) is 11.8 Å². The Morgan fingerprint density at radius 1 is 1.20 bits per heavy atom. The van der Waals surface area contributed by atoms with Gasteiger partial charge in [0.1, 0.15) is 6.54 Å². The molecule has 1 aromatic carbocycles. The first kappa shape index (κ1) is 19.4. The van der Waals surface area contributed by atoms with E-state index in [4.69, 9.17) is 0 Å². The number of hydrogen-bond donors (Lipinski definition) is 2. The highest BCUT2D eigenvalue weighted by molar-refractivity contribution is 5.93. The lowest BCUT2D eigenvalue weighted by Gasteiger charge is -2.37. The van der Waals surface area contributed by atoms with Crippen LogP contribution in [0.4, 0.5) is 0 Å². The average Bonchev–Trinajstić information content (AvgIpc) is 2.59. The van der Waals surface area contributed by atoms with Crippen molar-refractivity contribution < 1.29 is 14.5 Å². The van der Waals surface area contributed by atoms with E-state index in [1.165, 1.54) is 11.3 Å². The molecule has 0 saturated carbocycles. The molecule has 5 heteroatoms. The third-order valence-electron chi connectivity index (χ3n) is 5.22. The molecule has 0 radical (unpaired) electrons. The summed E-state index contributed by atoms with van der Waals surface area (Å²) in [7, 11) is 3.69. The van der Waals surface area contributed by atoms with Gasteiger partial charge in [0.25, 0.3) is 11.8 Å². The lowest BCUT2D eigenvalue weighted by Crippen LogP contribution is -3.12. The predicted octanol–water partition coefficient (Wildman–Crippen LogP) is 0.954. The van der Waals surface area contributed by atoms with Crippen molar-refractivity contribution in [1.82, 2.24) is 10.2 Å². The van der Waals surface area contributed by atoms with Crippen molar-refractivity contribution in [3.63, 3.8) is 0 Å². The van der Waals surface area contributed by atoms with Crippen molar-refractivity contribution >= 4 is 11.8 Å². The molecule has 0 spiro atoms. The fraction of sp³-hybridized carbons (Fsp3) is 0.600. The molecule has 2 rings (SSSR count). The number of likely N-dealkylation sites (tertiary alicyclic amines) is 1. The fourth-order valence-corrected chi connectivity index (χ4v) is 3.72. The van der Waals surface area contributed by atoms with Gasteiger partial charge in [0.2, 0.25) is 0 Å². The number of carbonyl (C=O) groups is 2. The molecule has 1 fully saturated rings. The van der Waals surface area contributed by atoms with Gasteiger partial charge in [0.15, 0.2) is 6.04 Å². The van der Waals surface area contributed by atoms with Crippen LogP contribution < -0.4 is 10.2 Å². The number of nitrogens with one attached hydrogen (secondary N) is 2.